The Hall–Kier alpha value is -3.85. The Morgan fingerprint density at radius 2 is 1.66 bits per heavy atom. The molecule has 2 saturated heterocycles. The van der Waals surface area contributed by atoms with Gasteiger partial charge in [-0.25, -0.2) is 4.79 Å². The number of likely N-dealkylation sites (tertiary alicyclic amines) is 1. The van der Waals surface area contributed by atoms with Crippen molar-refractivity contribution in [3.05, 3.63) is 70.8 Å². The van der Waals surface area contributed by atoms with Crippen LogP contribution < -0.4 is 16.3 Å². The molecule has 1 atom stereocenters. The Labute approximate surface area is 220 Å². The molecule has 0 unspecified atom stereocenters. The number of aromatic nitrogens is 3. The molecule has 0 spiro atoms. The average Bonchev–Trinajstić information content (AvgIpc) is 3.52. The maximum Gasteiger partial charge on any atom is 0.326 e. The number of nitrogens with zero attached hydrogens (tertiary/aromatic N) is 2. The summed E-state index contributed by atoms with van der Waals surface area (Å²) in [6.45, 7) is 2.73. The smallest absolute Gasteiger partial charge is 0.326 e. The minimum absolute atomic E-state index is 0.0269. The molecule has 2 aliphatic rings. The van der Waals surface area contributed by atoms with Gasteiger partial charge in [0, 0.05) is 48.6 Å². The SMILES string of the molecule is O=C(N[C@H](Cc1c[nH]c2ccccc12)C(=O)N1CCC(n2c(=O)[nH]c3ccccc32)CC1)C1CCNCC1. The van der Waals surface area contributed by atoms with Crippen LogP contribution in [0.15, 0.2) is 59.5 Å². The number of fused-ring (bicyclic) bond motifs is 2. The zero-order valence-electron chi connectivity index (χ0n) is 21.4. The van der Waals surface area contributed by atoms with Crippen LogP contribution in [0.4, 0.5) is 0 Å². The van der Waals surface area contributed by atoms with Gasteiger partial charge in [-0.05, 0) is 62.5 Å². The topological polar surface area (TPSA) is 115 Å². The van der Waals surface area contributed by atoms with Crippen LogP contribution in [0.3, 0.4) is 0 Å². The van der Waals surface area contributed by atoms with Gasteiger partial charge in [-0.1, -0.05) is 30.3 Å². The molecular weight excluding hydrogens is 480 g/mol. The molecule has 4 heterocycles. The van der Waals surface area contributed by atoms with Gasteiger partial charge >= 0.3 is 5.69 Å². The molecule has 9 heteroatoms. The first-order valence-electron chi connectivity index (χ1n) is 13.6. The molecule has 4 N–H and O–H groups in total. The van der Waals surface area contributed by atoms with Crippen LogP contribution in [-0.2, 0) is 16.0 Å². The lowest BCUT2D eigenvalue weighted by molar-refractivity contribution is -0.138. The van der Waals surface area contributed by atoms with E-state index in [4.69, 9.17) is 0 Å². The molecule has 0 radical (unpaired) electrons. The maximum atomic E-state index is 13.9. The average molecular weight is 515 g/mol. The van der Waals surface area contributed by atoms with Crippen molar-refractivity contribution in [1.82, 2.24) is 30.1 Å². The van der Waals surface area contributed by atoms with Gasteiger partial charge in [0.2, 0.25) is 11.8 Å². The van der Waals surface area contributed by atoms with Crippen LogP contribution in [0.5, 0.6) is 0 Å². The third-order valence-electron chi connectivity index (χ3n) is 8.19. The zero-order valence-corrected chi connectivity index (χ0v) is 21.4. The van der Waals surface area contributed by atoms with Crippen molar-refractivity contribution in [1.29, 1.82) is 0 Å². The van der Waals surface area contributed by atoms with E-state index in [0.29, 0.717) is 32.4 Å². The predicted molar refractivity (Wildman–Crippen MR) is 147 cm³/mol. The molecule has 2 fully saturated rings. The summed E-state index contributed by atoms with van der Waals surface area (Å²) < 4.78 is 1.83. The molecule has 9 nitrogen and oxygen atoms in total. The van der Waals surface area contributed by atoms with Crippen molar-refractivity contribution < 1.29 is 9.59 Å². The summed E-state index contributed by atoms with van der Waals surface area (Å²) in [5.74, 6) is -0.166. The van der Waals surface area contributed by atoms with Gasteiger partial charge < -0.3 is 25.5 Å². The highest BCUT2D eigenvalue weighted by molar-refractivity contribution is 5.90. The van der Waals surface area contributed by atoms with Gasteiger partial charge in [-0.15, -0.1) is 0 Å². The largest absolute Gasteiger partial charge is 0.361 e. The van der Waals surface area contributed by atoms with Crippen molar-refractivity contribution in [2.45, 2.75) is 44.2 Å². The number of amides is 2. The number of carbonyl (C=O) groups excluding carboxylic acids is 2. The number of piperidine rings is 2. The van der Waals surface area contributed by atoms with Gasteiger partial charge in [-0.2, -0.15) is 0 Å². The standard InChI is InChI=1S/C29H34N6O3/c36-27(19-9-13-30-14-10-19)32-25(17-20-18-31-23-6-2-1-5-22(20)23)28(37)34-15-11-21(12-16-34)35-26-8-4-3-7-24(26)33-29(35)38/h1-8,18-19,21,25,30-31H,9-17H2,(H,32,36)(H,33,38)/t25-/m1/s1. The molecule has 2 aliphatic heterocycles. The Bertz CT molecular complexity index is 1500. The minimum Gasteiger partial charge on any atom is -0.361 e. The number of carbonyl (C=O) groups is 2. The Balaban J connectivity index is 1.20. The monoisotopic (exact) mass is 514 g/mol. The van der Waals surface area contributed by atoms with Crippen molar-refractivity contribution in [3.63, 3.8) is 0 Å². The second-order valence-corrected chi connectivity index (χ2v) is 10.5. The first-order valence-corrected chi connectivity index (χ1v) is 13.6. The molecule has 38 heavy (non-hydrogen) atoms. The number of rotatable bonds is 6. The van der Waals surface area contributed by atoms with Crippen LogP contribution >= 0.6 is 0 Å². The summed E-state index contributed by atoms with van der Waals surface area (Å²) >= 11 is 0. The van der Waals surface area contributed by atoms with E-state index < -0.39 is 6.04 Å². The fraction of sp³-hybridized carbons (Fsp3) is 0.414. The number of benzene rings is 2. The van der Waals surface area contributed by atoms with Gasteiger partial charge in [-0.3, -0.25) is 14.2 Å². The van der Waals surface area contributed by atoms with Gasteiger partial charge in [0.15, 0.2) is 0 Å². The molecule has 6 rings (SSSR count). The van der Waals surface area contributed by atoms with Crippen LogP contribution in [0.1, 0.15) is 37.3 Å². The highest BCUT2D eigenvalue weighted by atomic mass is 16.2. The fourth-order valence-corrected chi connectivity index (χ4v) is 6.10. The molecule has 0 saturated carbocycles. The molecular formula is C29H34N6O3. The normalized spacial score (nSPS) is 18.2. The second-order valence-electron chi connectivity index (χ2n) is 10.5. The van der Waals surface area contributed by atoms with E-state index in [0.717, 1.165) is 53.4 Å². The van der Waals surface area contributed by atoms with E-state index in [1.165, 1.54) is 0 Å². The molecule has 0 bridgehead atoms. The number of hydrogen-bond donors (Lipinski definition) is 4. The Kier molecular flexibility index (Phi) is 6.76. The van der Waals surface area contributed by atoms with Crippen molar-refractivity contribution in [2.75, 3.05) is 26.2 Å². The minimum atomic E-state index is -0.635. The summed E-state index contributed by atoms with van der Waals surface area (Å²) in [7, 11) is 0. The molecule has 0 aliphatic carbocycles. The van der Waals surface area contributed by atoms with E-state index in [1.807, 2.05) is 64.2 Å². The zero-order chi connectivity index (χ0) is 26.1. The highest BCUT2D eigenvalue weighted by Crippen LogP contribution is 2.26. The molecule has 2 amide bonds. The first-order chi connectivity index (χ1) is 18.6. The molecule has 2 aromatic heterocycles. The molecule has 198 valence electrons. The predicted octanol–water partition coefficient (Wildman–Crippen LogP) is 2.70. The number of hydrogen-bond acceptors (Lipinski definition) is 4. The maximum absolute atomic E-state index is 13.9. The fourth-order valence-electron chi connectivity index (χ4n) is 6.10. The van der Waals surface area contributed by atoms with E-state index in [1.54, 1.807) is 0 Å². The Morgan fingerprint density at radius 1 is 0.947 bits per heavy atom. The van der Waals surface area contributed by atoms with E-state index >= 15 is 0 Å². The second kappa shape index (κ2) is 10.5. The van der Waals surface area contributed by atoms with E-state index in [2.05, 4.69) is 20.6 Å². The lowest BCUT2D eigenvalue weighted by Crippen LogP contribution is -2.53. The van der Waals surface area contributed by atoms with Crippen LogP contribution in [-0.4, -0.2) is 63.5 Å². The lowest BCUT2D eigenvalue weighted by Gasteiger charge is -2.35. The number of H-pyrrole nitrogens is 2. The number of nitrogens with one attached hydrogen (secondary N) is 4. The summed E-state index contributed by atoms with van der Waals surface area (Å²) in [5, 5.41) is 7.49. The van der Waals surface area contributed by atoms with Crippen LogP contribution in [0.25, 0.3) is 21.9 Å². The van der Waals surface area contributed by atoms with Crippen molar-refractivity contribution in [2.24, 2.45) is 5.92 Å². The third kappa shape index (κ3) is 4.74. The molecule has 2 aromatic carbocycles. The quantitative estimate of drug-likeness (QED) is 0.317. The summed E-state index contributed by atoms with van der Waals surface area (Å²) in [6.07, 6.45) is 5.32. The van der Waals surface area contributed by atoms with Crippen molar-refractivity contribution in [3.8, 4) is 0 Å². The lowest BCUT2D eigenvalue weighted by atomic mass is 9.95. The third-order valence-corrected chi connectivity index (χ3v) is 8.19. The van der Waals surface area contributed by atoms with Crippen molar-refractivity contribution >= 4 is 33.8 Å². The van der Waals surface area contributed by atoms with Crippen LogP contribution in [0, 0.1) is 5.92 Å². The summed E-state index contributed by atoms with van der Waals surface area (Å²) in [6, 6.07) is 15.1. The van der Waals surface area contributed by atoms with Gasteiger partial charge in [0.05, 0.1) is 11.0 Å². The van der Waals surface area contributed by atoms with Gasteiger partial charge in [0.1, 0.15) is 6.04 Å². The van der Waals surface area contributed by atoms with Crippen LogP contribution in [0.2, 0.25) is 0 Å². The first kappa shape index (κ1) is 24.5. The highest BCUT2D eigenvalue weighted by Gasteiger charge is 2.33. The molecule has 4 aromatic rings. The summed E-state index contributed by atoms with van der Waals surface area (Å²) in [5.41, 5.74) is 3.65. The van der Waals surface area contributed by atoms with E-state index in [9.17, 15) is 14.4 Å². The summed E-state index contributed by atoms with van der Waals surface area (Å²) in [4.78, 5) is 47.8. The van der Waals surface area contributed by atoms with E-state index in [-0.39, 0.29) is 29.5 Å². The number of aromatic amines is 2. The van der Waals surface area contributed by atoms with Gasteiger partial charge in [0.25, 0.3) is 0 Å². The number of imidazole rings is 1. The number of para-hydroxylation sites is 3. The Morgan fingerprint density at radius 3 is 2.45 bits per heavy atom.